The van der Waals surface area contributed by atoms with Crippen molar-refractivity contribution in [2.45, 2.75) is 19.6 Å². The lowest BCUT2D eigenvalue weighted by molar-refractivity contribution is 0.0939. The van der Waals surface area contributed by atoms with Gasteiger partial charge in [-0.2, -0.15) is 0 Å². The highest BCUT2D eigenvalue weighted by molar-refractivity contribution is 6.32. The molecule has 0 spiro atoms. The fourth-order valence-corrected chi connectivity index (χ4v) is 3.18. The summed E-state index contributed by atoms with van der Waals surface area (Å²) in [6, 6.07) is 19.7. The molecule has 4 nitrogen and oxygen atoms in total. The van der Waals surface area contributed by atoms with Gasteiger partial charge in [-0.3, -0.25) is 4.79 Å². The predicted octanol–water partition coefficient (Wildman–Crippen LogP) is 6.07. The van der Waals surface area contributed by atoms with Crippen LogP contribution in [0, 0.1) is 0 Å². The predicted molar refractivity (Wildman–Crippen MR) is 116 cm³/mol. The maximum absolute atomic E-state index is 12.7. The Morgan fingerprint density at radius 1 is 1.00 bits per heavy atom. The third-order valence-corrected chi connectivity index (χ3v) is 5.04. The normalized spacial score (nSPS) is 11.6. The second kappa shape index (κ2) is 9.68. The third kappa shape index (κ3) is 5.43. The van der Waals surface area contributed by atoms with Gasteiger partial charge in [0.25, 0.3) is 5.91 Å². The van der Waals surface area contributed by atoms with Crippen LogP contribution in [0.4, 0.5) is 0 Å². The first-order valence-corrected chi connectivity index (χ1v) is 9.84. The number of ether oxygens (including phenoxy) is 2. The molecule has 1 amide bonds. The Bertz CT molecular complexity index is 990. The summed E-state index contributed by atoms with van der Waals surface area (Å²) in [5.41, 5.74) is 2.24. The first-order valence-electron chi connectivity index (χ1n) is 9.08. The van der Waals surface area contributed by atoms with E-state index in [1.165, 1.54) is 0 Å². The van der Waals surface area contributed by atoms with Gasteiger partial charge in [0.1, 0.15) is 18.1 Å². The zero-order valence-electron chi connectivity index (χ0n) is 16.1. The van der Waals surface area contributed by atoms with Crippen LogP contribution >= 0.6 is 23.2 Å². The standard InChI is InChI=1S/C23H21Cl2NO3/c1-15(16-7-10-19(24)11-8-16)26-23(27)17-9-12-21(28-2)18(13-17)14-29-22-6-4-3-5-20(22)25/h3-13,15H,14H2,1-2H3,(H,26,27)/t15-/m0/s1. The summed E-state index contributed by atoms with van der Waals surface area (Å²) in [5, 5.41) is 4.18. The highest BCUT2D eigenvalue weighted by Crippen LogP contribution is 2.27. The second-order valence-electron chi connectivity index (χ2n) is 6.49. The number of carbonyl (C=O) groups excluding carboxylic acids is 1. The molecule has 1 atom stereocenters. The molecule has 0 radical (unpaired) electrons. The molecule has 3 rings (SSSR count). The Balaban J connectivity index is 1.73. The smallest absolute Gasteiger partial charge is 0.251 e. The molecule has 0 bridgehead atoms. The van der Waals surface area contributed by atoms with Crippen LogP contribution in [0.5, 0.6) is 11.5 Å². The fourth-order valence-electron chi connectivity index (χ4n) is 2.86. The minimum absolute atomic E-state index is 0.162. The average molecular weight is 430 g/mol. The summed E-state index contributed by atoms with van der Waals surface area (Å²) in [4.78, 5) is 12.7. The number of amides is 1. The molecule has 0 unspecified atom stereocenters. The minimum Gasteiger partial charge on any atom is -0.496 e. The van der Waals surface area contributed by atoms with Gasteiger partial charge in [0.2, 0.25) is 0 Å². The molecule has 3 aromatic carbocycles. The maximum Gasteiger partial charge on any atom is 0.251 e. The van der Waals surface area contributed by atoms with Crippen molar-refractivity contribution < 1.29 is 14.3 Å². The molecule has 150 valence electrons. The lowest BCUT2D eigenvalue weighted by Gasteiger charge is -2.16. The number of nitrogens with one attached hydrogen (secondary N) is 1. The van der Waals surface area contributed by atoms with Crippen LogP contribution in [0.2, 0.25) is 10.0 Å². The van der Waals surface area contributed by atoms with Gasteiger partial charge >= 0.3 is 0 Å². The highest BCUT2D eigenvalue weighted by Gasteiger charge is 2.14. The minimum atomic E-state index is -0.186. The molecule has 0 aliphatic rings. The van der Waals surface area contributed by atoms with Crippen molar-refractivity contribution in [3.05, 3.63) is 93.5 Å². The van der Waals surface area contributed by atoms with Crippen LogP contribution in [0.25, 0.3) is 0 Å². The van der Waals surface area contributed by atoms with Crippen LogP contribution in [0.3, 0.4) is 0 Å². The number of hydrogen-bond donors (Lipinski definition) is 1. The summed E-state index contributed by atoms with van der Waals surface area (Å²) < 4.78 is 11.2. The van der Waals surface area contributed by atoms with E-state index in [-0.39, 0.29) is 18.6 Å². The van der Waals surface area contributed by atoms with Gasteiger partial charge < -0.3 is 14.8 Å². The Morgan fingerprint density at radius 3 is 2.41 bits per heavy atom. The monoisotopic (exact) mass is 429 g/mol. The number of carbonyl (C=O) groups is 1. The summed E-state index contributed by atoms with van der Waals surface area (Å²) >= 11 is 12.1. The van der Waals surface area contributed by atoms with Crippen LogP contribution in [0.15, 0.2) is 66.7 Å². The topological polar surface area (TPSA) is 47.6 Å². The van der Waals surface area contributed by atoms with Gasteiger partial charge in [-0.15, -0.1) is 0 Å². The number of hydrogen-bond acceptors (Lipinski definition) is 3. The summed E-state index contributed by atoms with van der Waals surface area (Å²) in [5.74, 6) is 1.02. The average Bonchev–Trinajstić information content (AvgIpc) is 2.73. The summed E-state index contributed by atoms with van der Waals surface area (Å²) in [6.07, 6.45) is 0. The van der Waals surface area contributed by atoms with Gasteiger partial charge in [-0.25, -0.2) is 0 Å². The second-order valence-corrected chi connectivity index (χ2v) is 7.34. The van der Waals surface area contributed by atoms with Gasteiger partial charge in [-0.05, 0) is 55.0 Å². The number of methoxy groups -OCH3 is 1. The first-order chi connectivity index (χ1) is 14.0. The maximum atomic E-state index is 12.7. The number of benzene rings is 3. The van der Waals surface area contributed by atoms with Gasteiger partial charge in [0, 0.05) is 16.1 Å². The van der Waals surface area contributed by atoms with E-state index in [0.29, 0.717) is 27.1 Å². The number of halogens is 2. The molecule has 3 aromatic rings. The van der Waals surface area contributed by atoms with E-state index in [2.05, 4.69) is 5.32 Å². The van der Waals surface area contributed by atoms with E-state index in [9.17, 15) is 4.79 Å². The van der Waals surface area contributed by atoms with Gasteiger partial charge in [0.05, 0.1) is 18.2 Å². The molecule has 0 aliphatic heterocycles. The van der Waals surface area contributed by atoms with Crippen molar-refractivity contribution in [3.63, 3.8) is 0 Å². The van der Waals surface area contributed by atoms with Crippen LogP contribution in [-0.4, -0.2) is 13.0 Å². The highest BCUT2D eigenvalue weighted by atomic mass is 35.5. The van der Waals surface area contributed by atoms with Crippen molar-refractivity contribution in [1.82, 2.24) is 5.32 Å². The SMILES string of the molecule is COc1ccc(C(=O)N[C@@H](C)c2ccc(Cl)cc2)cc1COc1ccccc1Cl. The van der Waals surface area contributed by atoms with Crippen LogP contribution < -0.4 is 14.8 Å². The lowest BCUT2D eigenvalue weighted by Crippen LogP contribution is -2.26. The van der Waals surface area contributed by atoms with Crippen molar-refractivity contribution >= 4 is 29.1 Å². The summed E-state index contributed by atoms with van der Waals surface area (Å²) in [7, 11) is 1.58. The molecular formula is C23H21Cl2NO3. The molecule has 0 saturated heterocycles. The Kier molecular flexibility index (Phi) is 7.02. The van der Waals surface area contributed by atoms with Crippen molar-refractivity contribution in [2.24, 2.45) is 0 Å². The third-order valence-electron chi connectivity index (χ3n) is 4.48. The number of para-hydroxylation sites is 1. The molecule has 29 heavy (non-hydrogen) atoms. The van der Waals surface area contributed by atoms with Crippen LogP contribution in [-0.2, 0) is 6.61 Å². The largest absolute Gasteiger partial charge is 0.496 e. The fraction of sp³-hybridized carbons (Fsp3) is 0.174. The van der Waals surface area contributed by atoms with E-state index in [0.717, 1.165) is 11.1 Å². The quantitative estimate of drug-likeness (QED) is 0.495. The van der Waals surface area contributed by atoms with Gasteiger partial charge in [-0.1, -0.05) is 47.5 Å². The summed E-state index contributed by atoms with van der Waals surface area (Å²) in [6.45, 7) is 2.15. The van der Waals surface area contributed by atoms with Crippen molar-refractivity contribution in [2.75, 3.05) is 7.11 Å². The molecule has 0 aliphatic carbocycles. The van der Waals surface area contributed by atoms with Crippen molar-refractivity contribution in [1.29, 1.82) is 0 Å². The van der Waals surface area contributed by atoms with Crippen LogP contribution in [0.1, 0.15) is 34.5 Å². The number of rotatable bonds is 7. The molecule has 1 N–H and O–H groups in total. The zero-order chi connectivity index (χ0) is 20.8. The Hall–Kier alpha value is -2.69. The molecule has 0 saturated carbocycles. The van der Waals surface area contributed by atoms with E-state index in [1.807, 2.05) is 31.2 Å². The molecule has 6 heteroatoms. The van der Waals surface area contributed by atoms with Gasteiger partial charge in [0.15, 0.2) is 0 Å². The van der Waals surface area contributed by atoms with E-state index < -0.39 is 0 Å². The van der Waals surface area contributed by atoms with E-state index in [1.54, 1.807) is 49.6 Å². The zero-order valence-corrected chi connectivity index (χ0v) is 17.6. The van der Waals surface area contributed by atoms with E-state index in [4.69, 9.17) is 32.7 Å². The van der Waals surface area contributed by atoms with E-state index >= 15 is 0 Å². The molecule has 0 aromatic heterocycles. The molecule has 0 fully saturated rings. The first kappa shape index (κ1) is 21.0. The lowest BCUT2D eigenvalue weighted by atomic mass is 10.1. The Labute approximate surface area is 180 Å². The molecular weight excluding hydrogens is 409 g/mol. The molecule has 0 heterocycles. The Morgan fingerprint density at radius 2 is 1.72 bits per heavy atom. The van der Waals surface area contributed by atoms with Crippen molar-refractivity contribution in [3.8, 4) is 11.5 Å².